The van der Waals surface area contributed by atoms with Gasteiger partial charge in [-0.05, 0) is 29.3 Å². The van der Waals surface area contributed by atoms with Crippen LogP contribution in [0.3, 0.4) is 0 Å². The van der Waals surface area contributed by atoms with Gasteiger partial charge in [-0.3, -0.25) is 14.6 Å². The molecule has 5 nitrogen and oxygen atoms in total. The first-order valence-electron chi connectivity index (χ1n) is 6.02. The smallest absolute Gasteiger partial charge is 0.289 e. The fourth-order valence-corrected chi connectivity index (χ4v) is 2.17. The molecule has 0 atom stereocenters. The molecule has 0 aliphatic carbocycles. The van der Waals surface area contributed by atoms with Crippen molar-refractivity contribution in [3.63, 3.8) is 0 Å². The number of aromatic nitrogens is 2. The van der Waals surface area contributed by atoms with Gasteiger partial charge in [0.25, 0.3) is 11.7 Å². The average Bonchev–Trinajstić information content (AvgIpc) is 2.90. The van der Waals surface area contributed by atoms with Crippen LogP contribution >= 0.6 is 0 Å². The Labute approximate surface area is 114 Å². The minimum atomic E-state index is -0.955. The maximum absolute atomic E-state index is 11.7. The summed E-state index contributed by atoms with van der Waals surface area (Å²) in [5, 5.41) is 0.687. The zero-order chi connectivity index (χ0) is 14.1. The molecule has 20 heavy (non-hydrogen) atoms. The van der Waals surface area contributed by atoms with E-state index >= 15 is 0 Å². The maximum atomic E-state index is 11.7. The van der Waals surface area contributed by atoms with Gasteiger partial charge in [0.15, 0.2) is 0 Å². The molecule has 0 aliphatic heterocycles. The van der Waals surface area contributed by atoms with Crippen LogP contribution < -0.4 is 5.73 Å². The number of nitrogens with zero attached hydrogens (tertiary/aromatic N) is 1. The number of hydrogen-bond donors (Lipinski definition) is 2. The molecule has 0 spiro atoms. The Balaban J connectivity index is 2.11. The predicted octanol–water partition coefficient (Wildman–Crippen LogP) is 1.90. The number of amides is 1. The summed E-state index contributed by atoms with van der Waals surface area (Å²) in [6.07, 6.45) is 4.95. The Bertz CT molecular complexity index is 806. The van der Waals surface area contributed by atoms with E-state index in [0.29, 0.717) is 10.9 Å². The van der Waals surface area contributed by atoms with Crippen LogP contribution in [0.15, 0.2) is 48.9 Å². The van der Waals surface area contributed by atoms with Crippen LogP contribution in [0.4, 0.5) is 0 Å². The lowest BCUT2D eigenvalue weighted by Crippen LogP contribution is -2.22. The van der Waals surface area contributed by atoms with Gasteiger partial charge in [-0.1, -0.05) is 12.1 Å². The summed E-state index contributed by atoms with van der Waals surface area (Å²) in [6, 6.07) is 9.42. The number of H-pyrrole nitrogens is 1. The second-order valence-corrected chi connectivity index (χ2v) is 4.39. The molecular weight excluding hydrogens is 254 g/mol. The Morgan fingerprint density at radius 2 is 1.80 bits per heavy atom. The Morgan fingerprint density at radius 3 is 2.50 bits per heavy atom. The van der Waals surface area contributed by atoms with Crippen molar-refractivity contribution in [2.24, 2.45) is 5.73 Å². The average molecular weight is 265 g/mol. The number of aromatic amines is 1. The number of primary amides is 1. The van der Waals surface area contributed by atoms with E-state index in [1.54, 1.807) is 18.5 Å². The molecule has 3 N–H and O–H groups in total. The largest absolute Gasteiger partial charge is 0.363 e. The van der Waals surface area contributed by atoms with Crippen molar-refractivity contribution in [3.05, 3.63) is 54.5 Å². The first kappa shape index (κ1) is 12.1. The van der Waals surface area contributed by atoms with Crippen molar-refractivity contribution in [3.8, 4) is 11.1 Å². The minimum Gasteiger partial charge on any atom is -0.363 e. The van der Waals surface area contributed by atoms with E-state index in [4.69, 9.17) is 5.73 Å². The van der Waals surface area contributed by atoms with E-state index in [-0.39, 0.29) is 0 Å². The molecule has 0 saturated heterocycles. The summed E-state index contributed by atoms with van der Waals surface area (Å²) in [7, 11) is 0. The lowest BCUT2D eigenvalue weighted by molar-refractivity contribution is -0.114. The van der Waals surface area contributed by atoms with E-state index in [0.717, 1.165) is 16.6 Å². The van der Waals surface area contributed by atoms with Gasteiger partial charge < -0.3 is 10.7 Å². The normalized spacial score (nSPS) is 10.6. The zero-order valence-electron chi connectivity index (χ0n) is 10.5. The minimum absolute atomic E-state index is 0.300. The number of carbonyl (C=O) groups excluding carboxylic acids is 2. The monoisotopic (exact) mass is 265 g/mol. The Kier molecular flexibility index (Phi) is 2.80. The van der Waals surface area contributed by atoms with Crippen molar-refractivity contribution in [1.82, 2.24) is 9.97 Å². The van der Waals surface area contributed by atoms with Gasteiger partial charge in [-0.25, -0.2) is 0 Å². The molecule has 3 rings (SSSR count). The molecule has 0 aliphatic rings. The molecule has 0 bridgehead atoms. The quantitative estimate of drug-likeness (QED) is 0.560. The van der Waals surface area contributed by atoms with E-state index in [1.165, 1.54) is 6.20 Å². The fraction of sp³-hybridized carbons (Fsp3) is 0. The van der Waals surface area contributed by atoms with E-state index in [1.807, 2.05) is 24.3 Å². The van der Waals surface area contributed by atoms with Crippen LogP contribution in [-0.2, 0) is 4.79 Å². The topological polar surface area (TPSA) is 88.8 Å². The number of pyridine rings is 1. The van der Waals surface area contributed by atoms with Crippen LogP contribution in [0.5, 0.6) is 0 Å². The van der Waals surface area contributed by atoms with Gasteiger partial charge in [0.1, 0.15) is 0 Å². The standard InChI is InChI=1S/C15H11N3O2/c16-15(20)14(19)12-8-18-13-7-10(1-2-11(12)13)9-3-5-17-6-4-9/h1-8,18H,(H2,16,20). The molecule has 2 heterocycles. The van der Waals surface area contributed by atoms with Gasteiger partial charge in [0.2, 0.25) is 0 Å². The molecule has 5 heteroatoms. The van der Waals surface area contributed by atoms with E-state index < -0.39 is 11.7 Å². The number of carbonyl (C=O) groups is 2. The zero-order valence-corrected chi connectivity index (χ0v) is 10.5. The van der Waals surface area contributed by atoms with E-state index in [9.17, 15) is 9.59 Å². The van der Waals surface area contributed by atoms with Crippen LogP contribution in [0, 0.1) is 0 Å². The van der Waals surface area contributed by atoms with E-state index in [2.05, 4.69) is 9.97 Å². The molecule has 1 amide bonds. The highest BCUT2D eigenvalue weighted by atomic mass is 16.2. The highest BCUT2D eigenvalue weighted by Crippen LogP contribution is 2.25. The third-order valence-corrected chi connectivity index (χ3v) is 3.16. The number of ketones is 1. The van der Waals surface area contributed by atoms with Crippen LogP contribution in [0.1, 0.15) is 10.4 Å². The van der Waals surface area contributed by atoms with Crippen molar-refractivity contribution in [2.75, 3.05) is 0 Å². The lowest BCUT2D eigenvalue weighted by atomic mass is 10.0. The number of Topliss-reactive ketones (excluding diaryl/α,β-unsaturated/α-hetero) is 1. The number of rotatable bonds is 3. The summed E-state index contributed by atoms with van der Waals surface area (Å²) in [6.45, 7) is 0. The van der Waals surface area contributed by atoms with Gasteiger partial charge in [-0.15, -0.1) is 0 Å². The summed E-state index contributed by atoms with van der Waals surface area (Å²) in [5.41, 5.74) is 8.14. The molecular formula is C15H11N3O2. The highest BCUT2D eigenvalue weighted by molar-refractivity contribution is 6.44. The first-order valence-corrected chi connectivity index (χ1v) is 6.02. The van der Waals surface area contributed by atoms with Crippen molar-refractivity contribution in [1.29, 1.82) is 0 Å². The third-order valence-electron chi connectivity index (χ3n) is 3.16. The van der Waals surface area contributed by atoms with Gasteiger partial charge in [0, 0.05) is 29.5 Å². The molecule has 0 radical (unpaired) electrons. The number of nitrogens with two attached hydrogens (primary N) is 1. The van der Waals surface area contributed by atoms with Crippen LogP contribution in [0.25, 0.3) is 22.0 Å². The molecule has 0 fully saturated rings. The van der Waals surface area contributed by atoms with Gasteiger partial charge in [-0.2, -0.15) is 0 Å². The molecule has 98 valence electrons. The van der Waals surface area contributed by atoms with Crippen molar-refractivity contribution in [2.45, 2.75) is 0 Å². The highest BCUT2D eigenvalue weighted by Gasteiger charge is 2.17. The Morgan fingerprint density at radius 1 is 1.05 bits per heavy atom. The number of fused-ring (bicyclic) bond motifs is 1. The van der Waals surface area contributed by atoms with Crippen molar-refractivity contribution >= 4 is 22.6 Å². The summed E-state index contributed by atoms with van der Waals surface area (Å²) >= 11 is 0. The first-order chi connectivity index (χ1) is 9.66. The predicted molar refractivity (Wildman–Crippen MR) is 75.1 cm³/mol. The van der Waals surface area contributed by atoms with Crippen molar-refractivity contribution < 1.29 is 9.59 Å². The molecule has 0 saturated carbocycles. The SMILES string of the molecule is NC(=O)C(=O)c1c[nH]c2cc(-c3ccncc3)ccc12. The summed E-state index contributed by atoms with van der Waals surface area (Å²) in [4.78, 5) is 29.6. The maximum Gasteiger partial charge on any atom is 0.289 e. The second kappa shape index (κ2) is 4.62. The fourth-order valence-electron chi connectivity index (χ4n) is 2.17. The summed E-state index contributed by atoms with van der Waals surface area (Å²) < 4.78 is 0. The van der Waals surface area contributed by atoms with Gasteiger partial charge >= 0.3 is 0 Å². The number of hydrogen-bond acceptors (Lipinski definition) is 3. The second-order valence-electron chi connectivity index (χ2n) is 4.39. The summed E-state index contributed by atoms with van der Waals surface area (Å²) in [5.74, 6) is -1.64. The molecule has 2 aromatic heterocycles. The number of benzene rings is 1. The molecule has 1 aromatic carbocycles. The Hall–Kier alpha value is -2.95. The van der Waals surface area contributed by atoms with Crippen LogP contribution in [-0.4, -0.2) is 21.7 Å². The van der Waals surface area contributed by atoms with Gasteiger partial charge in [0.05, 0.1) is 5.56 Å². The van der Waals surface area contributed by atoms with Crippen LogP contribution in [0.2, 0.25) is 0 Å². The number of nitrogens with one attached hydrogen (secondary N) is 1. The third kappa shape index (κ3) is 1.95. The molecule has 0 unspecified atom stereocenters. The lowest BCUT2D eigenvalue weighted by Gasteiger charge is -2.01. The molecule has 3 aromatic rings.